The maximum absolute atomic E-state index is 13.6. The van der Waals surface area contributed by atoms with Crippen LogP contribution >= 0.6 is 0 Å². The Morgan fingerprint density at radius 2 is 2.00 bits per heavy atom. The van der Waals surface area contributed by atoms with E-state index in [2.05, 4.69) is 26.9 Å². The molecule has 35 heavy (non-hydrogen) atoms. The standard InChI is InChI=1S/C25H26F3N5O2/c26-25(27,28)20-8-15(2-3-17(20)10-29)19-13-32-33-23(19)18-9-21(30-12-18)24(34)31-11-14-1-4-22-16(7-14)5-6-35-22/h1-4,7-9,12,19,23,30,32-33H,5-6,10-11,13,29H2,(H,31,34)/p+1. The molecule has 2 aliphatic heterocycles. The molecule has 10 heteroatoms. The fourth-order valence-electron chi connectivity index (χ4n) is 4.78. The molecule has 0 radical (unpaired) electrons. The molecule has 0 bridgehead atoms. The van der Waals surface area contributed by atoms with Crippen molar-refractivity contribution in [1.82, 2.24) is 21.2 Å². The monoisotopic (exact) mass is 486 g/mol. The van der Waals surface area contributed by atoms with Crippen LogP contribution in [0.4, 0.5) is 13.2 Å². The van der Waals surface area contributed by atoms with Gasteiger partial charge in [-0.25, -0.2) is 5.43 Å². The van der Waals surface area contributed by atoms with Crippen LogP contribution in [0, 0.1) is 0 Å². The minimum atomic E-state index is -4.44. The van der Waals surface area contributed by atoms with Crippen LogP contribution in [0.25, 0.3) is 0 Å². The second-order valence-electron chi connectivity index (χ2n) is 8.84. The van der Waals surface area contributed by atoms with E-state index in [0.717, 1.165) is 28.9 Å². The fourth-order valence-corrected chi connectivity index (χ4v) is 4.78. The van der Waals surface area contributed by atoms with Crippen LogP contribution in [0.5, 0.6) is 5.75 Å². The number of aromatic amines is 1. The summed E-state index contributed by atoms with van der Waals surface area (Å²) in [4.78, 5) is 15.7. The molecule has 0 spiro atoms. The van der Waals surface area contributed by atoms with E-state index in [-0.39, 0.29) is 30.0 Å². The van der Waals surface area contributed by atoms with Crippen LogP contribution in [0.15, 0.2) is 48.7 Å². The number of alkyl halides is 3. The average molecular weight is 487 g/mol. The van der Waals surface area contributed by atoms with Gasteiger partial charge in [0.2, 0.25) is 0 Å². The van der Waals surface area contributed by atoms with E-state index < -0.39 is 11.7 Å². The van der Waals surface area contributed by atoms with Gasteiger partial charge in [0.05, 0.1) is 18.2 Å². The summed E-state index contributed by atoms with van der Waals surface area (Å²) in [7, 11) is 0. The number of carbonyl (C=O) groups excluding carboxylic acids is 1. The number of hydrazine groups is 1. The van der Waals surface area contributed by atoms with Crippen molar-refractivity contribution in [2.24, 2.45) is 0 Å². The Kier molecular flexibility index (Phi) is 6.26. The number of aromatic nitrogens is 1. The van der Waals surface area contributed by atoms with Crippen LogP contribution < -0.4 is 26.6 Å². The lowest BCUT2D eigenvalue weighted by atomic mass is 9.87. The van der Waals surface area contributed by atoms with Gasteiger partial charge in [0.15, 0.2) is 0 Å². The van der Waals surface area contributed by atoms with Crippen molar-refractivity contribution in [2.75, 3.05) is 13.2 Å². The zero-order valence-electron chi connectivity index (χ0n) is 19.0. The largest absolute Gasteiger partial charge is 0.493 e. The normalized spacial score (nSPS) is 19.4. The van der Waals surface area contributed by atoms with Crippen molar-refractivity contribution in [2.45, 2.75) is 37.6 Å². The summed E-state index contributed by atoms with van der Waals surface area (Å²) >= 11 is 0. The van der Waals surface area contributed by atoms with E-state index in [1.165, 1.54) is 12.1 Å². The minimum Gasteiger partial charge on any atom is -0.493 e. The van der Waals surface area contributed by atoms with Crippen LogP contribution in [0.2, 0.25) is 0 Å². The lowest BCUT2D eigenvalue weighted by Gasteiger charge is -2.20. The van der Waals surface area contributed by atoms with Crippen LogP contribution in [0.1, 0.15) is 55.8 Å². The maximum Gasteiger partial charge on any atom is 0.416 e. The van der Waals surface area contributed by atoms with Crippen molar-refractivity contribution in [3.63, 3.8) is 0 Å². The molecule has 2 unspecified atom stereocenters. The Labute approximate surface area is 200 Å². The Morgan fingerprint density at radius 3 is 2.80 bits per heavy atom. The van der Waals surface area contributed by atoms with Crippen LogP contribution in [0.3, 0.4) is 0 Å². The van der Waals surface area contributed by atoms with E-state index in [0.29, 0.717) is 31.0 Å². The molecule has 1 saturated heterocycles. The number of quaternary nitrogens is 1. The van der Waals surface area contributed by atoms with E-state index >= 15 is 0 Å². The SMILES string of the molecule is [NH3+]Cc1ccc(C2CNNC2c2c[nH]c(C(=O)NCc3ccc4c(c3)CCO4)c2)cc1C(F)(F)F. The average Bonchev–Trinajstić information content (AvgIpc) is 3.61. The third kappa shape index (κ3) is 4.77. The van der Waals surface area contributed by atoms with E-state index in [1.54, 1.807) is 18.3 Å². The molecule has 1 aromatic heterocycles. The van der Waals surface area contributed by atoms with Crippen molar-refractivity contribution in [3.8, 4) is 5.75 Å². The molecule has 0 saturated carbocycles. The van der Waals surface area contributed by atoms with E-state index in [1.807, 2.05) is 18.2 Å². The van der Waals surface area contributed by atoms with Crippen molar-refractivity contribution >= 4 is 5.91 Å². The summed E-state index contributed by atoms with van der Waals surface area (Å²) in [5.74, 6) is 0.398. The first-order valence-electron chi connectivity index (χ1n) is 11.5. The molecule has 2 aromatic carbocycles. The van der Waals surface area contributed by atoms with Gasteiger partial charge in [0, 0.05) is 37.2 Å². The molecule has 0 aliphatic carbocycles. The number of halogens is 3. The zero-order chi connectivity index (χ0) is 24.6. The number of hydrogen-bond donors (Lipinski definition) is 5. The summed E-state index contributed by atoms with van der Waals surface area (Å²) in [6, 6.07) is 11.8. The molecule has 7 N–H and O–H groups in total. The van der Waals surface area contributed by atoms with Crippen LogP contribution in [-0.2, 0) is 25.7 Å². The second kappa shape index (κ2) is 9.37. The number of H-pyrrole nitrogens is 1. The van der Waals surface area contributed by atoms with Gasteiger partial charge in [-0.15, -0.1) is 0 Å². The second-order valence-corrected chi connectivity index (χ2v) is 8.84. The Bertz CT molecular complexity index is 1240. The Hall–Kier alpha value is -3.34. The zero-order valence-corrected chi connectivity index (χ0v) is 19.0. The number of benzene rings is 2. The molecular weight excluding hydrogens is 459 g/mol. The highest BCUT2D eigenvalue weighted by Gasteiger charge is 2.36. The van der Waals surface area contributed by atoms with Gasteiger partial charge < -0.3 is 20.8 Å². The topological polar surface area (TPSA) is 106 Å². The smallest absolute Gasteiger partial charge is 0.416 e. The number of hydrogen-bond acceptors (Lipinski definition) is 4. The molecule has 2 atom stereocenters. The first-order valence-corrected chi connectivity index (χ1v) is 11.5. The molecule has 3 heterocycles. The maximum atomic E-state index is 13.6. The van der Waals surface area contributed by atoms with Gasteiger partial charge in [0.25, 0.3) is 5.91 Å². The predicted octanol–water partition coefficient (Wildman–Crippen LogP) is 2.57. The molecule has 1 amide bonds. The highest BCUT2D eigenvalue weighted by molar-refractivity contribution is 5.92. The molecular formula is C25H27F3N5O2+. The lowest BCUT2D eigenvalue weighted by molar-refractivity contribution is -0.387. The van der Waals surface area contributed by atoms with Gasteiger partial charge in [-0.3, -0.25) is 10.2 Å². The van der Waals surface area contributed by atoms with Gasteiger partial charge in [-0.05, 0) is 40.5 Å². The Balaban J connectivity index is 1.29. The molecule has 184 valence electrons. The van der Waals surface area contributed by atoms with Gasteiger partial charge in [-0.1, -0.05) is 24.3 Å². The summed E-state index contributed by atoms with van der Waals surface area (Å²) in [6.45, 7) is 1.58. The van der Waals surface area contributed by atoms with Crippen molar-refractivity contribution in [3.05, 3.63) is 87.7 Å². The number of amides is 1. The third-order valence-electron chi connectivity index (χ3n) is 6.63. The first kappa shape index (κ1) is 23.4. The summed E-state index contributed by atoms with van der Waals surface area (Å²) < 4.78 is 46.2. The van der Waals surface area contributed by atoms with Crippen LogP contribution in [-0.4, -0.2) is 24.0 Å². The van der Waals surface area contributed by atoms with Crippen molar-refractivity contribution in [1.29, 1.82) is 0 Å². The lowest BCUT2D eigenvalue weighted by Crippen LogP contribution is -2.48. The third-order valence-corrected chi connectivity index (χ3v) is 6.63. The number of ether oxygens (including phenoxy) is 1. The first-order chi connectivity index (χ1) is 16.8. The summed E-state index contributed by atoms with van der Waals surface area (Å²) in [5.41, 5.74) is 13.2. The fraction of sp³-hybridized carbons (Fsp3) is 0.320. The number of fused-ring (bicyclic) bond motifs is 1. The highest BCUT2D eigenvalue weighted by atomic mass is 19.4. The van der Waals surface area contributed by atoms with Gasteiger partial charge in [-0.2, -0.15) is 13.2 Å². The minimum absolute atomic E-state index is 0.0647. The Morgan fingerprint density at radius 1 is 1.14 bits per heavy atom. The molecule has 5 rings (SSSR count). The quantitative estimate of drug-likeness (QED) is 0.369. The van der Waals surface area contributed by atoms with E-state index in [9.17, 15) is 18.0 Å². The predicted molar refractivity (Wildman–Crippen MR) is 122 cm³/mol. The van der Waals surface area contributed by atoms with Gasteiger partial charge >= 0.3 is 6.18 Å². The number of nitrogens with one attached hydrogen (secondary N) is 4. The number of rotatable bonds is 6. The van der Waals surface area contributed by atoms with E-state index in [4.69, 9.17) is 4.74 Å². The molecule has 1 fully saturated rings. The number of carbonyl (C=O) groups is 1. The highest BCUT2D eigenvalue weighted by Crippen LogP contribution is 2.38. The summed E-state index contributed by atoms with van der Waals surface area (Å²) in [5, 5.41) is 2.91. The molecule has 2 aliphatic rings. The molecule has 3 aromatic rings. The summed E-state index contributed by atoms with van der Waals surface area (Å²) in [6.07, 6.45) is -1.86. The van der Waals surface area contributed by atoms with Gasteiger partial charge in [0.1, 0.15) is 18.0 Å². The molecule has 7 nitrogen and oxygen atoms in total. The van der Waals surface area contributed by atoms with Crippen molar-refractivity contribution < 1.29 is 28.4 Å².